The molecular weight excluding hydrogens is 300 g/mol. The average molecular weight is 325 g/mol. The highest BCUT2D eigenvalue weighted by atomic mass is 32.1. The molecule has 1 fully saturated rings. The van der Waals surface area contributed by atoms with Crippen LogP contribution in [-0.2, 0) is 11.2 Å². The summed E-state index contributed by atoms with van der Waals surface area (Å²) in [6.07, 6.45) is 8.75. The summed E-state index contributed by atoms with van der Waals surface area (Å²) in [7, 11) is 0. The van der Waals surface area contributed by atoms with Crippen molar-refractivity contribution in [1.29, 1.82) is 0 Å². The maximum absolute atomic E-state index is 12.2. The Kier molecular flexibility index (Phi) is 6.18. The van der Waals surface area contributed by atoms with Gasteiger partial charge >= 0.3 is 0 Å². The molecule has 0 bridgehead atoms. The standard InChI is InChI=1S/C16H24N2OS2/c17-15(20)16(10-3-1-2-4-11-16)18-14(19)9-5-7-13-8-6-12-21-13/h6,8,12H,1-5,7,9-11H2,(H2,17,20)(H,18,19). The molecule has 5 heteroatoms. The van der Waals surface area contributed by atoms with Gasteiger partial charge in [0.2, 0.25) is 5.91 Å². The van der Waals surface area contributed by atoms with Crippen molar-refractivity contribution in [2.45, 2.75) is 63.3 Å². The summed E-state index contributed by atoms with van der Waals surface area (Å²) in [4.78, 5) is 14.0. The number of rotatable bonds is 6. The Morgan fingerprint density at radius 3 is 2.62 bits per heavy atom. The molecular formula is C16H24N2OS2. The van der Waals surface area contributed by atoms with E-state index in [1.165, 1.54) is 17.7 Å². The average Bonchev–Trinajstić information content (AvgIpc) is 2.84. The van der Waals surface area contributed by atoms with E-state index in [1.807, 2.05) is 6.07 Å². The number of carbonyl (C=O) groups excluding carboxylic acids is 1. The Balaban J connectivity index is 1.84. The Morgan fingerprint density at radius 1 is 1.33 bits per heavy atom. The number of amides is 1. The van der Waals surface area contributed by atoms with Crippen molar-refractivity contribution in [1.82, 2.24) is 5.32 Å². The fraction of sp³-hybridized carbons (Fsp3) is 0.625. The summed E-state index contributed by atoms with van der Waals surface area (Å²) in [5.41, 5.74) is 5.51. The van der Waals surface area contributed by atoms with Gasteiger partial charge in [0, 0.05) is 11.3 Å². The molecule has 1 aliphatic carbocycles. The lowest BCUT2D eigenvalue weighted by atomic mass is 9.89. The summed E-state index contributed by atoms with van der Waals surface area (Å²) in [5.74, 6) is 0.0845. The molecule has 116 valence electrons. The minimum absolute atomic E-state index is 0.0845. The van der Waals surface area contributed by atoms with Crippen LogP contribution in [0.5, 0.6) is 0 Å². The molecule has 1 aromatic rings. The van der Waals surface area contributed by atoms with Gasteiger partial charge in [0.05, 0.1) is 10.5 Å². The zero-order valence-corrected chi connectivity index (χ0v) is 14.0. The first-order valence-electron chi connectivity index (χ1n) is 7.76. The smallest absolute Gasteiger partial charge is 0.220 e. The number of aryl methyl sites for hydroxylation is 1. The molecule has 1 heterocycles. The topological polar surface area (TPSA) is 55.1 Å². The molecule has 1 saturated carbocycles. The third-order valence-corrected chi connectivity index (χ3v) is 5.54. The summed E-state index contributed by atoms with van der Waals surface area (Å²) >= 11 is 6.99. The summed E-state index contributed by atoms with van der Waals surface area (Å²) in [5, 5.41) is 5.22. The Bertz CT molecular complexity index is 463. The van der Waals surface area contributed by atoms with Gasteiger partial charge < -0.3 is 11.1 Å². The molecule has 0 aliphatic heterocycles. The fourth-order valence-electron chi connectivity index (χ4n) is 2.97. The van der Waals surface area contributed by atoms with Crippen LogP contribution in [0.25, 0.3) is 0 Å². The first kappa shape index (κ1) is 16.4. The Morgan fingerprint density at radius 2 is 2.05 bits per heavy atom. The molecule has 0 saturated heterocycles. The van der Waals surface area contributed by atoms with E-state index in [0.29, 0.717) is 11.4 Å². The number of hydrogen-bond donors (Lipinski definition) is 2. The molecule has 0 radical (unpaired) electrons. The van der Waals surface area contributed by atoms with Gasteiger partial charge in [-0.2, -0.15) is 0 Å². The van der Waals surface area contributed by atoms with Gasteiger partial charge in [-0.3, -0.25) is 4.79 Å². The second-order valence-corrected chi connectivity index (χ2v) is 7.31. The van der Waals surface area contributed by atoms with Crippen LogP contribution in [0.15, 0.2) is 17.5 Å². The van der Waals surface area contributed by atoms with E-state index in [4.69, 9.17) is 18.0 Å². The van der Waals surface area contributed by atoms with Crippen LogP contribution < -0.4 is 11.1 Å². The number of nitrogens with one attached hydrogen (secondary N) is 1. The second kappa shape index (κ2) is 7.90. The summed E-state index contributed by atoms with van der Waals surface area (Å²) in [6, 6.07) is 4.16. The predicted molar refractivity (Wildman–Crippen MR) is 92.6 cm³/mol. The van der Waals surface area contributed by atoms with Gasteiger partial charge in [0.25, 0.3) is 0 Å². The van der Waals surface area contributed by atoms with Crippen molar-refractivity contribution in [3.05, 3.63) is 22.4 Å². The summed E-state index contributed by atoms with van der Waals surface area (Å²) < 4.78 is 0. The summed E-state index contributed by atoms with van der Waals surface area (Å²) in [6.45, 7) is 0. The molecule has 3 nitrogen and oxygen atoms in total. The van der Waals surface area contributed by atoms with Crippen LogP contribution >= 0.6 is 23.6 Å². The number of carbonyl (C=O) groups is 1. The maximum Gasteiger partial charge on any atom is 0.220 e. The lowest BCUT2D eigenvalue weighted by Gasteiger charge is -2.33. The van der Waals surface area contributed by atoms with E-state index in [-0.39, 0.29) is 5.91 Å². The zero-order valence-electron chi connectivity index (χ0n) is 12.4. The van der Waals surface area contributed by atoms with Crippen LogP contribution in [0.1, 0.15) is 56.2 Å². The van der Waals surface area contributed by atoms with Crippen molar-refractivity contribution in [2.75, 3.05) is 0 Å². The van der Waals surface area contributed by atoms with Crippen LogP contribution in [-0.4, -0.2) is 16.4 Å². The van der Waals surface area contributed by atoms with Crippen molar-refractivity contribution >= 4 is 34.5 Å². The number of thiophene rings is 1. The Labute approximate surface area is 136 Å². The molecule has 21 heavy (non-hydrogen) atoms. The molecule has 1 aromatic heterocycles. The van der Waals surface area contributed by atoms with Gasteiger partial charge in [-0.05, 0) is 37.1 Å². The van der Waals surface area contributed by atoms with Crippen LogP contribution in [0, 0.1) is 0 Å². The maximum atomic E-state index is 12.2. The zero-order chi connectivity index (χ0) is 15.1. The van der Waals surface area contributed by atoms with E-state index in [0.717, 1.165) is 38.5 Å². The third-order valence-electron chi connectivity index (χ3n) is 4.21. The largest absolute Gasteiger partial charge is 0.391 e. The first-order chi connectivity index (χ1) is 10.1. The van der Waals surface area contributed by atoms with Gasteiger partial charge in [0.15, 0.2) is 0 Å². The van der Waals surface area contributed by atoms with E-state index >= 15 is 0 Å². The normalized spacial score (nSPS) is 17.9. The fourth-order valence-corrected chi connectivity index (χ4v) is 3.98. The van der Waals surface area contributed by atoms with Gasteiger partial charge in [-0.1, -0.05) is 44.0 Å². The van der Waals surface area contributed by atoms with Crippen molar-refractivity contribution in [3.63, 3.8) is 0 Å². The molecule has 0 unspecified atom stereocenters. The molecule has 0 atom stereocenters. The van der Waals surface area contributed by atoms with Crippen molar-refractivity contribution in [3.8, 4) is 0 Å². The lowest BCUT2D eigenvalue weighted by molar-refractivity contribution is -0.122. The van der Waals surface area contributed by atoms with Gasteiger partial charge in [0.1, 0.15) is 0 Å². The number of thiocarbonyl (C=S) groups is 1. The van der Waals surface area contributed by atoms with Crippen molar-refractivity contribution < 1.29 is 4.79 Å². The highest BCUT2D eigenvalue weighted by Crippen LogP contribution is 2.27. The van der Waals surface area contributed by atoms with Gasteiger partial charge in [-0.25, -0.2) is 0 Å². The van der Waals surface area contributed by atoms with E-state index < -0.39 is 5.54 Å². The highest BCUT2D eigenvalue weighted by molar-refractivity contribution is 7.80. The molecule has 2 rings (SSSR count). The third kappa shape index (κ3) is 4.78. The lowest BCUT2D eigenvalue weighted by Crippen LogP contribution is -2.56. The van der Waals surface area contributed by atoms with Crippen molar-refractivity contribution in [2.24, 2.45) is 5.73 Å². The second-order valence-electron chi connectivity index (χ2n) is 5.84. The van der Waals surface area contributed by atoms with E-state index in [2.05, 4.69) is 16.8 Å². The molecule has 1 aliphatic rings. The molecule has 1 amide bonds. The van der Waals surface area contributed by atoms with Crippen LogP contribution in [0.4, 0.5) is 0 Å². The number of nitrogens with two attached hydrogens (primary N) is 1. The number of hydrogen-bond acceptors (Lipinski definition) is 3. The van der Waals surface area contributed by atoms with E-state index in [1.54, 1.807) is 11.3 Å². The van der Waals surface area contributed by atoms with Gasteiger partial charge in [-0.15, -0.1) is 11.3 Å². The SMILES string of the molecule is NC(=S)C1(NC(=O)CCCc2cccs2)CCCCCC1. The highest BCUT2D eigenvalue weighted by Gasteiger charge is 2.35. The van der Waals surface area contributed by atoms with Crippen LogP contribution in [0.3, 0.4) is 0 Å². The monoisotopic (exact) mass is 324 g/mol. The minimum Gasteiger partial charge on any atom is -0.391 e. The Hall–Kier alpha value is -0.940. The first-order valence-corrected chi connectivity index (χ1v) is 9.04. The quantitative estimate of drug-likeness (QED) is 0.621. The van der Waals surface area contributed by atoms with Crippen LogP contribution in [0.2, 0.25) is 0 Å². The molecule has 0 spiro atoms. The molecule has 3 N–H and O–H groups in total. The van der Waals surface area contributed by atoms with E-state index in [9.17, 15) is 4.79 Å². The molecule has 0 aromatic carbocycles. The minimum atomic E-state index is -0.439. The predicted octanol–water partition coefficient (Wildman–Crippen LogP) is 3.57.